The Bertz CT molecular complexity index is 598. The van der Waals surface area contributed by atoms with Crippen LogP contribution in [-0.4, -0.2) is 9.55 Å². The first-order valence-corrected chi connectivity index (χ1v) is 7.57. The number of rotatable bonds is 3. The van der Waals surface area contributed by atoms with E-state index in [4.69, 9.17) is 5.73 Å². The molecular weight excluding hydrogens is 246 g/mol. The molecule has 3 nitrogen and oxygen atoms in total. The monoisotopic (exact) mass is 269 g/mol. The summed E-state index contributed by atoms with van der Waals surface area (Å²) in [7, 11) is 0. The number of benzene rings is 1. The van der Waals surface area contributed by atoms with E-state index in [-0.39, 0.29) is 6.04 Å². The van der Waals surface area contributed by atoms with Crippen LogP contribution in [0.1, 0.15) is 49.6 Å². The molecule has 1 aromatic heterocycles. The quantitative estimate of drug-likeness (QED) is 0.928. The molecule has 0 saturated heterocycles. The molecule has 0 bridgehead atoms. The third-order valence-corrected chi connectivity index (χ3v) is 4.36. The molecule has 2 N–H and O–H groups in total. The van der Waals surface area contributed by atoms with Crippen LogP contribution in [0.3, 0.4) is 0 Å². The summed E-state index contributed by atoms with van der Waals surface area (Å²) in [6, 6.07) is 6.64. The highest BCUT2D eigenvalue weighted by molar-refractivity contribution is 5.48. The zero-order valence-corrected chi connectivity index (χ0v) is 12.3. The third kappa shape index (κ3) is 2.27. The second-order valence-corrected chi connectivity index (χ2v) is 6.08. The molecule has 0 saturated carbocycles. The maximum atomic E-state index is 6.34. The average molecular weight is 269 g/mol. The van der Waals surface area contributed by atoms with E-state index >= 15 is 0 Å². The predicted molar refractivity (Wildman–Crippen MR) is 82.0 cm³/mol. The van der Waals surface area contributed by atoms with E-state index < -0.39 is 0 Å². The normalized spacial score (nSPS) is 16.2. The Balaban J connectivity index is 2.08. The van der Waals surface area contributed by atoms with Crippen molar-refractivity contribution in [2.75, 3.05) is 0 Å². The smallest absolute Gasteiger partial charge is 0.0994 e. The van der Waals surface area contributed by atoms with Crippen LogP contribution in [-0.2, 0) is 12.8 Å². The molecule has 1 unspecified atom stereocenters. The lowest BCUT2D eigenvalue weighted by atomic mass is 9.90. The molecule has 1 aliphatic rings. The zero-order valence-electron chi connectivity index (χ0n) is 12.3. The summed E-state index contributed by atoms with van der Waals surface area (Å²) in [6.07, 6.45) is 8.77. The highest BCUT2D eigenvalue weighted by Gasteiger charge is 2.19. The molecule has 106 valence electrons. The number of aryl methyl sites for hydroxylation is 1. The molecule has 3 heteroatoms. The van der Waals surface area contributed by atoms with Gasteiger partial charge >= 0.3 is 0 Å². The first kappa shape index (κ1) is 13.4. The van der Waals surface area contributed by atoms with Crippen LogP contribution in [0.15, 0.2) is 30.7 Å². The summed E-state index contributed by atoms with van der Waals surface area (Å²) in [4.78, 5) is 4.33. The second-order valence-electron chi connectivity index (χ2n) is 6.08. The van der Waals surface area contributed by atoms with Crippen molar-refractivity contribution in [3.05, 3.63) is 47.5 Å². The molecule has 0 fully saturated rings. The van der Waals surface area contributed by atoms with Crippen LogP contribution >= 0.6 is 0 Å². The largest absolute Gasteiger partial charge is 0.322 e. The van der Waals surface area contributed by atoms with Gasteiger partial charge in [-0.25, -0.2) is 4.98 Å². The van der Waals surface area contributed by atoms with Gasteiger partial charge in [-0.2, -0.15) is 0 Å². The Labute approximate surface area is 120 Å². The van der Waals surface area contributed by atoms with Gasteiger partial charge in [0.25, 0.3) is 0 Å². The maximum absolute atomic E-state index is 6.34. The van der Waals surface area contributed by atoms with Crippen LogP contribution in [0, 0.1) is 5.92 Å². The van der Waals surface area contributed by atoms with Crippen LogP contribution in [0.2, 0.25) is 0 Å². The van der Waals surface area contributed by atoms with Crippen molar-refractivity contribution in [1.29, 1.82) is 0 Å². The Morgan fingerprint density at radius 2 is 2.00 bits per heavy atom. The average Bonchev–Trinajstić information content (AvgIpc) is 2.94. The second kappa shape index (κ2) is 5.41. The van der Waals surface area contributed by atoms with Gasteiger partial charge in [-0.3, -0.25) is 0 Å². The molecule has 3 rings (SSSR count). The van der Waals surface area contributed by atoms with E-state index in [9.17, 15) is 0 Å². The van der Waals surface area contributed by atoms with Crippen LogP contribution < -0.4 is 5.73 Å². The molecule has 1 heterocycles. The summed E-state index contributed by atoms with van der Waals surface area (Å²) in [5, 5.41) is 0. The highest BCUT2D eigenvalue weighted by Crippen LogP contribution is 2.29. The minimum Gasteiger partial charge on any atom is -0.322 e. The van der Waals surface area contributed by atoms with Crippen molar-refractivity contribution in [2.24, 2.45) is 11.7 Å². The van der Waals surface area contributed by atoms with Crippen molar-refractivity contribution < 1.29 is 0 Å². The van der Waals surface area contributed by atoms with Gasteiger partial charge in [0.05, 0.1) is 23.9 Å². The third-order valence-electron chi connectivity index (χ3n) is 4.36. The van der Waals surface area contributed by atoms with E-state index in [1.54, 1.807) is 0 Å². The summed E-state index contributed by atoms with van der Waals surface area (Å²) >= 11 is 0. The summed E-state index contributed by atoms with van der Waals surface area (Å²) in [5.41, 5.74) is 11.7. The van der Waals surface area contributed by atoms with Crippen LogP contribution in [0.5, 0.6) is 0 Å². The number of nitrogens with zero attached hydrogens (tertiary/aromatic N) is 2. The van der Waals surface area contributed by atoms with E-state index in [1.165, 1.54) is 42.5 Å². The van der Waals surface area contributed by atoms with E-state index in [0.717, 1.165) is 5.69 Å². The lowest BCUT2D eigenvalue weighted by Gasteiger charge is -2.23. The number of fused-ring (bicyclic) bond motifs is 1. The van der Waals surface area contributed by atoms with Gasteiger partial charge in [-0.15, -0.1) is 0 Å². The van der Waals surface area contributed by atoms with Gasteiger partial charge < -0.3 is 10.3 Å². The first-order chi connectivity index (χ1) is 9.68. The summed E-state index contributed by atoms with van der Waals surface area (Å²) in [5.74, 6) is 0.407. The van der Waals surface area contributed by atoms with Gasteiger partial charge in [0, 0.05) is 6.04 Å². The molecule has 2 aromatic rings. The fraction of sp³-hybridized carbons (Fsp3) is 0.471. The van der Waals surface area contributed by atoms with Crippen LogP contribution in [0.25, 0.3) is 5.69 Å². The minimum atomic E-state index is 0.0250. The summed E-state index contributed by atoms with van der Waals surface area (Å²) < 4.78 is 2.19. The van der Waals surface area contributed by atoms with Crippen LogP contribution in [0.4, 0.5) is 0 Å². The fourth-order valence-corrected chi connectivity index (χ4v) is 3.08. The standard InChI is InChI=1S/C17H23N3/c1-12(2)17(18)16-10-19-11-20(16)15-9-5-7-13-6-3-4-8-14(13)15/h5,7,9-12,17H,3-4,6,8,18H2,1-2H3. The first-order valence-electron chi connectivity index (χ1n) is 7.57. The maximum Gasteiger partial charge on any atom is 0.0994 e. The molecule has 0 aliphatic heterocycles. The lowest BCUT2D eigenvalue weighted by molar-refractivity contribution is 0.496. The number of imidazole rings is 1. The molecule has 20 heavy (non-hydrogen) atoms. The molecule has 1 atom stereocenters. The van der Waals surface area contributed by atoms with E-state index in [0.29, 0.717) is 5.92 Å². The highest BCUT2D eigenvalue weighted by atomic mass is 15.1. The van der Waals surface area contributed by atoms with Gasteiger partial charge in [0.1, 0.15) is 0 Å². The lowest BCUT2D eigenvalue weighted by Crippen LogP contribution is -2.20. The van der Waals surface area contributed by atoms with Crippen molar-refractivity contribution in [3.8, 4) is 5.69 Å². The van der Waals surface area contributed by atoms with Gasteiger partial charge in [0.2, 0.25) is 0 Å². The molecule has 1 aliphatic carbocycles. The Hall–Kier alpha value is -1.61. The SMILES string of the molecule is CC(C)C(N)c1cncn1-c1cccc2c1CCCC2. The Morgan fingerprint density at radius 3 is 2.80 bits per heavy atom. The fourth-order valence-electron chi connectivity index (χ4n) is 3.08. The van der Waals surface area contributed by atoms with Gasteiger partial charge in [-0.1, -0.05) is 26.0 Å². The van der Waals surface area contributed by atoms with E-state index in [2.05, 4.69) is 41.6 Å². The minimum absolute atomic E-state index is 0.0250. The van der Waals surface area contributed by atoms with Crippen molar-refractivity contribution >= 4 is 0 Å². The number of aromatic nitrogens is 2. The number of hydrogen-bond donors (Lipinski definition) is 1. The number of hydrogen-bond acceptors (Lipinski definition) is 2. The van der Waals surface area contributed by atoms with Gasteiger partial charge in [0.15, 0.2) is 0 Å². The molecule has 0 amide bonds. The Morgan fingerprint density at radius 1 is 1.20 bits per heavy atom. The molecule has 0 radical (unpaired) electrons. The molecular formula is C17H23N3. The van der Waals surface area contributed by atoms with Crippen molar-refractivity contribution in [2.45, 2.75) is 45.6 Å². The van der Waals surface area contributed by atoms with Crippen molar-refractivity contribution in [1.82, 2.24) is 9.55 Å². The summed E-state index contributed by atoms with van der Waals surface area (Å²) in [6.45, 7) is 4.31. The topological polar surface area (TPSA) is 43.8 Å². The van der Waals surface area contributed by atoms with Crippen molar-refractivity contribution in [3.63, 3.8) is 0 Å². The number of nitrogens with two attached hydrogens (primary N) is 1. The molecule has 1 aromatic carbocycles. The predicted octanol–water partition coefficient (Wildman–Crippen LogP) is 3.41. The van der Waals surface area contributed by atoms with Gasteiger partial charge in [-0.05, 0) is 48.8 Å². The molecule has 0 spiro atoms. The van der Waals surface area contributed by atoms with E-state index in [1.807, 2.05) is 12.5 Å². The zero-order chi connectivity index (χ0) is 14.1. The Kier molecular flexibility index (Phi) is 3.62.